The van der Waals surface area contributed by atoms with Crippen molar-refractivity contribution in [3.05, 3.63) is 12.2 Å². The van der Waals surface area contributed by atoms with E-state index in [1.165, 1.54) is 0 Å². The van der Waals surface area contributed by atoms with Crippen LogP contribution in [0.15, 0.2) is 12.2 Å². The van der Waals surface area contributed by atoms with Gasteiger partial charge in [-0.3, -0.25) is 24.5 Å². The van der Waals surface area contributed by atoms with Crippen molar-refractivity contribution >= 4 is 23.6 Å². The third kappa shape index (κ3) is 1.18. The van der Waals surface area contributed by atoms with Gasteiger partial charge < -0.3 is 5.11 Å². The van der Waals surface area contributed by atoms with Crippen molar-refractivity contribution in [1.82, 2.24) is 10.2 Å². The van der Waals surface area contributed by atoms with Gasteiger partial charge in [-0.1, -0.05) is 6.58 Å². The van der Waals surface area contributed by atoms with Crippen molar-refractivity contribution in [3.63, 3.8) is 0 Å². The van der Waals surface area contributed by atoms with Crippen LogP contribution in [-0.2, 0) is 19.2 Å². The molecule has 2 heterocycles. The Bertz CT molecular complexity index is 455. The first-order valence-electron chi connectivity index (χ1n) is 4.48. The predicted octanol–water partition coefficient (Wildman–Crippen LogP) is -1.96. The molecule has 1 atom stereocenters. The lowest BCUT2D eigenvalue weighted by atomic mass is 10.1. The molecule has 0 radical (unpaired) electrons. The molecule has 0 aliphatic carbocycles. The van der Waals surface area contributed by atoms with E-state index in [0.29, 0.717) is 4.90 Å². The molecule has 0 saturated carbocycles. The maximum atomic E-state index is 11.5. The topological polar surface area (TPSA) is 104 Å². The number of carbonyl (C=O) groups excluding carboxylic acids is 4. The number of nitrogens with zero attached hydrogens (tertiary/aromatic N) is 1. The second-order valence-electron chi connectivity index (χ2n) is 3.69. The zero-order valence-electron chi connectivity index (χ0n) is 8.15. The fourth-order valence-electron chi connectivity index (χ4n) is 1.74. The minimum atomic E-state index is -2.40. The Balaban J connectivity index is 2.41. The number of hydrogen-bond donors (Lipinski definition) is 2. The Morgan fingerprint density at radius 2 is 1.94 bits per heavy atom. The van der Waals surface area contributed by atoms with E-state index in [-0.39, 0.29) is 12.0 Å². The van der Waals surface area contributed by atoms with Crippen molar-refractivity contribution in [1.29, 1.82) is 0 Å². The first kappa shape index (κ1) is 10.5. The van der Waals surface area contributed by atoms with Crippen LogP contribution < -0.4 is 5.32 Å². The number of likely N-dealkylation sites (tertiary alicyclic amines) is 1. The second kappa shape index (κ2) is 2.99. The summed E-state index contributed by atoms with van der Waals surface area (Å²) in [6.45, 7) is 3.34. The number of rotatable bonds is 1. The minimum absolute atomic E-state index is 0.00873. The van der Waals surface area contributed by atoms with Crippen LogP contribution in [0.25, 0.3) is 0 Å². The van der Waals surface area contributed by atoms with Crippen LogP contribution in [0.1, 0.15) is 12.8 Å². The summed E-state index contributed by atoms with van der Waals surface area (Å²) >= 11 is 0. The summed E-state index contributed by atoms with van der Waals surface area (Å²) in [5.74, 6) is -3.35. The lowest BCUT2D eigenvalue weighted by Gasteiger charge is -2.27. The van der Waals surface area contributed by atoms with Gasteiger partial charge in [0.05, 0.1) is 12.8 Å². The van der Waals surface area contributed by atoms with Crippen LogP contribution in [-0.4, -0.2) is 39.4 Å². The fraction of sp³-hybridized carbons (Fsp3) is 0.333. The smallest absolute Gasteiger partial charge is 0.281 e. The van der Waals surface area contributed by atoms with E-state index in [9.17, 15) is 24.3 Å². The average molecular weight is 224 g/mol. The van der Waals surface area contributed by atoms with Crippen molar-refractivity contribution < 1.29 is 24.3 Å². The summed E-state index contributed by atoms with van der Waals surface area (Å²) in [6.07, 6.45) is -0.876. The molecule has 2 saturated heterocycles. The van der Waals surface area contributed by atoms with E-state index in [1.54, 1.807) is 0 Å². The maximum Gasteiger partial charge on any atom is 0.281 e. The molecule has 0 bridgehead atoms. The quantitative estimate of drug-likeness (QED) is 0.397. The highest BCUT2D eigenvalue weighted by molar-refractivity contribution is 6.18. The molecule has 0 spiro atoms. The number of hydrogen-bond acceptors (Lipinski definition) is 5. The van der Waals surface area contributed by atoms with Crippen LogP contribution in [0.3, 0.4) is 0 Å². The van der Waals surface area contributed by atoms with Crippen LogP contribution in [0, 0.1) is 0 Å². The fourth-order valence-corrected chi connectivity index (χ4v) is 1.74. The summed E-state index contributed by atoms with van der Waals surface area (Å²) < 4.78 is 0. The average Bonchev–Trinajstić information content (AvgIpc) is 2.53. The van der Waals surface area contributed by atoms with Crippen LogP contribution in [0.5, 0.6) is 0 Å². The maximum absolute atomic E-state index is 11.5. The van der Waals surface area contributed by atoms with Gasteiger partial charge in [0.15, 0.2) is 0 Å². The van der Waals surface area contributed by atoms with Gasteiger partial charge >= 0.3 is 0 Å². The predicted molar refractivity (Wildman–Crippen MR) is 48.3 cm³/mol. The first-order chi connectivity index (χ1) is 7.36. The zero-order chi connectivity index (χ0) is 12.1. The van der Waals surface area contributed by atoms with E-state index in [0.717, 1.165) is 0 Å². The number of aliphatic hydroxyl groups is 1. The van der Waals surface area contributed by atoms with Gasteiger partial charge in [0.25, 0.3) is 11.8 Å². The third-order valence-electron chi connectivity index (χ3n) is 2.51. The SMILES string of the molecule is C=C1CC(=O)N(C2(O)CC(=O)NC2=O)C1=O. The highest BCUT2D eigenvalue weighted by Crippen LogP contribution is 2.29. The van der Waals surface area contributed by atoms with Gasteiger partial charge in [-0.2, -0.15) is 0 Å². The molecule has 2 aliphatic heterocycles. The van der Waals surface area contributed by atoms with Gasteiger partial charge in [0.2, 0.25) is 17.5 Å². The van der Waals surface area contributed by atoms with E-state index >= 15 is 0 Å². The summed E-state index contributed by atoms with van der Waals surface area (Å²) in [6, 6.07) is 0. The van der Waals surface area contributed by atoms with E-state index in [1.807, 2.05) is 5.32 Å². The Kier molecular flexibility index (Phi) is 1.96. The molecule has 1 unspecified atom stereocenters. The van der Waals surface area contributed by atoms with E-state index in [2.05, 4.69) is 6.58 Å². The normalized spacial score (nSPS) is 30.3. The van der Waals surface area contributed by atoms with Gasteiger partial charge in [-0.15, -0.1) is 0 Å². The molecule has 2 N–H and O–H groups in total. The third-order valence-corrected chi connectivity index (χ3v) is 2.51. The van der Waals surface area contributed by atoms with Gasteiger partial charge in [-0.05, 0) is 0 Å². The molecule has 4 amide bonds. The van der Waals surface area contributed by atoms with Crippen LogP contribution in [0.4, 0.5) is 0 Å². The Hall–Kier alpha value is -2.02. The second-order valence-corrected chi connectivity index (χ2v) is 3.69. The molecule has 84 valence electrons. The lowest BCUT2D eigenvalue weighted by molar-refractivity contribution is -0.172. The molecule has 2 fully saturated rings. The molecule has 0 aromatic rings. The van der Waals surface area contributed by atoms with Crippen molar-refractivity contribution in [2.24, 2.45) is 0 Å². The van der Waals surface area contributed by atoms with Crippen LogP contribution in [0.2, 0.25) is 0 Å². The zero-order valence-corrected chi connectivity index (χ0v) is 8.15. The minimum Gasteiger partial charge on any atom is -0.362 e. The molecular weight excluding hydrogens is 216 g/mol. The van der Waals surface area contributed by atoms with Crippen molar-refractivity contribution in [3.8, 4) is 0 Å². The standard InChI is InChI=1S/C9H8N2O5/c1-4-2-6(13)11(7(4)14)9(16)3-5(12)10-8(9)15/h16H,1-3H2,(H,10,12,15). The molecule has 7 heteroatoms. The Labute approximate surface area is 89.7 Å². The Morgan fingerprint density at radius 3 is 2.31 bits per heavy atom. The molecule has 2 aliphatic rings. The van der Waals surface area contributed by atoms with Gasteiger partial charge in [0, 0.05) is 5.57 Å². The van der Waals surface area contributed by atoms with E-state index in [4.69, 9.17) is 0 Å². The summed E-state index contributed by atoms with van der Waals surface area (Å²) in [4.78, 5) is 45.6. The van der Waals surface area contributed by atoms with E-state index < -0.39 is 35.8 Å². The highest BCUT2D eigenvalue weighted by Gasteiger charge is 2.56. The number of nitrogens with one attached hydrogen (secondary N) is 1. The summed E-state index contributed by atoms with van der Waals surface area (Å²) in [5, 5.41) is 11.7. The van der Waals surface area contributed by atoms with Crippen molar-refractivity contribution in [2.75, 3.05) is 0 Å². The van der Waals surface area contributed by atoms with Crippen LogP contribution >= 0.6 is 0 Å². The molecule has 16 heavy (non-hydrogen) atoms. The van der Waals surface area contributed by atoms with Gasteiger partial charge in [-0.25, -0.2) is 4.90 Å². The number of imide groups is 2. The molecule has 0 aromatic heterocycles. The van der Waals surface area contributed by atoms with Crippen molar-refractivity contribution in [2.45, 2.75) is 18.6 Å². The Morgan fingerprint density at radius 1 is 1.31 bits per heavy atom. The first-order valence-corrected chi connectivity index (χ1v) is 4.48. The summed E-state index contributed by atoms with van der Waals surface area (Å²) in [7, 11) is 0. The summed E-state index contributed by atoms with van der Waals surface area (Å²) in [5.41, 5.74) is -2.41. The number of amides is 4. The molecule has 7 nitrogen and oxygen atoms in total. The molecular formula is C9H8N2O5. The monoisotopic (exact) mass is 224 g/mol. The lowest BCUT2D eigenvalue weighted by Crippen LogP contribution is -2.56. The molecule has 2 rings (SSSR count). The van der Waals surface area contributed by atoms with Gasteiger partial charge in [0.1, 0.15) is 0 Å². The largest absolute Gasteiger partial charge is 0.362 e. The number of carbonyl (C=O) groups is 4. The molecule has 0 aromatic carbocycles. The highest BCUT2D eigenvalue weighted by atomic mass is 16.3.